The van der Waals surface area contributed by atoms with Crippen LogP contribution in [0.3, 0.4) is 0 Å². The second kappa shape index (κ2) is 6.08. The number of nitrogens with zero attached hydrogens (tertiary/aromatic N) is 2. The molecule has 1 saturated carbocycles. The normalized spacial score (nSPS) is 16.5. The largest absolute Gasteiger partial charge is 0.395 e. The number of nitrogen functional groups attached to an aromatic ring is 1. The Balaban J connectivity index is 1.99. The van der Waals surface area contributed by atoms with Gasteiger partial charge in [0, 0.05) is 13.1 Å². The zero-order valence-corrected chi connectivity index (χ0v) is 11.9. The van der Waals surface area contributed by atoms with Crippen molar-refractivity contribution in [1.82, 2.24) is 15.1 Å². The topological polar surface area (TPSA) is 72.9 Å². The van der Waals surface area contributed by atoms with Crippen molar-refractivity contribution in [1.29, 1.82) is 0 Å². The van der Waals surface area contributed by atoms with Gasteiger partial charge in [-0.1, -0.05) is 19.3 Å². The third kappa shape index (κ3) is 3.08. The van der Waals surface area contributed by atoms with E-state index in [2.05, 4.69) is 10.4 Å². The van der Waals surface area contributed by atoms with Gasteiger partial charge in [-0.05, 0) is 32.6 Å². The van der Waals surface area contributed by atoms with Crippen LogP contribution in [0.1, 0.15) is 55.2 Å². The highest BCUT2D eigenvalue weighted by atomic mass is 16.2. The van der Waals surface area contributed by atoms with E-state index in [1.165, 1.54) is 32.1 Å². The number of amides is 1. The molecule has 0 saturated heterocycles. The molecule has 106 valence electrons. The van der Waals surface area contributed by atoms with E-state index in [9.17, 15) is 4.79 Å². The van der Waals surface area contributed by atoms with Crippen LogP contribution in [0.25, 0.3) is 0 Å². The highest BCUT2D eigenvalue weighted by Crippen LogP contribution is 2.23. The molecule has 2 rings (SSSR count). The van der Waals surface area contributed by atoms with E-state index in [1.54, 1.807) is 4.68 Å². The summed E-state index contributed by atoms with van der Waals surface area (Å²) < 4.78 is 1.68. The van der Waals surface area contributed by atoms with E-state index in [0.717, 1.165) is 12.2 Å². The van der Waals surface area contributed by atoms with Crippen molar-refractivity contribution in [2.75, 3.05) is 12.3 Å². The summed E-state index contributed by atoms with van der Waals surface area (Å²) in [6.45, 7) is 5.21. The fourth-order valence-electron chi connectivity index (χ4n) is 2.78. The van der Waals surface area contributed by atoms with Gasteiger partial charge < -0.3 is 11.1 Å². The number of nitrogens with two attached hydrogens (primary N) is 1. The molecule has 1 aliphatic rings. The van der Waals surface area contributed by atoms with Gasteiger partial charge in [-0.15, -0.1) is 0 Å². The Kier molecular flexibility index (Phi) is 4.45. The van der Waals surface area contributed by atoms with E-state index >= 15 is 0 Å². The quantitative estimate of drug-likeness (QED) is 0.874. The minimum Gasteiger partial charge on any atom is -0.395 e. The highest BCUT2D eigenvalue weighted by molar-refractivity contribution is 5.97. The van der Waals surface area contributed by atoms with Crippen molar-refractivity contribution >= 4 is 11.6 Å². The van der Waals surface area contributed by atoms with Crippen molar-refractivity contribution in [3.8, 4) is 0 Å². The predicted molar refractivity (Wildman–Crippen MR) is 76.0 cm³/mol. The van der Waals surface area contributed by atoms with Crippen LogP contribution in [0, 0.1) is 12.8 Å². The predicted octanol–water partition coefficient (Wildman–Crippen LogP) is 2.10. The lowest BCUT2D eigenvalue weighted by Crippen LogP contribution is -2.32. The smallest absolute Gasteiger partial charge is 0.271 e. The maximum atomic E-state index is 12.2. The molecule has 0 aromatic carbocycles. The molecule has 5 nitrogen and oxygen atoms in total. The van der Waals surface area contributed by atoms with E-state index in [0.29, 0.717) is 23.8 Å². The number of carbonyl (C=O) groups excluding carboxylic acids is 1. The molecule has 0 unspecified atom stereocenters. The summed E-state index contributed by atoms with van der Waals surface area (Å²) in [5.41, 5.74) is 7.68. The fraction of sp³-hybridized carbons (Fsp3) is 0.714. The number of rotatable bonds is 4. The molecule has 0 aliphatic heterocycles. The maximum Gasteiger partial charge on any atom is 0.271 e. The van der Waals surface area contributed by atoms with Crippen LogP contribution in [-0.2, 0) is 6.54 Å². The van der Waals surface area contributed by atoms with Crippen molar-refractivity contribution in [3.05, 3.63) is 11.4 Å². The zero-order valence-electron chi connectivity index (χ0n) is 11.9. The summed E-state index contributed by atoms with van der Waals surface area (Å²) in [7, 11) is 0. The third-order valence-electron chi connectivity index (χ3n) is 3.96. The average molecular weight is 264 g/mol. The molecular formula is C14H24N4O. The molecule has 0 bridgehead atoms. The van der Waals surface area contributed by atoms with Crippen LogP contribution in [0.5, 0.6) is 0 Å². The molecule has 1 aliphatic carbocycles. The van der Waals surface area contributed by atoms with E-state index in [1.807, 2.05) is 13.8 Å². The molecule has 1 fully saturated rings. The van der Waals surface area contributed by atoms with Crippen LogP contribution < -0.4 is 11.1 Å². The first-order chi connectivity index (χ1) is 9.13. The van der Waals surface area contributed by atoms with Gasteiger partial charge >= 0.3 is 0 Å². The Bertz CT molecular complexity index is 447. The lowest BCUT2D eigenvalue weighted by atomic mass is 9.89. The average Bonchev–Trinajstić information content (AvgIpc) is 2.73. The SMILES string of the molecule is CCn1nc(C)c(N)c1C(=O)NCC1CCCCC1. The van der Waals surface area contributed by atoms with Gasteiger partial charge in [-0.2, -0.15) is 5.10 Å². The summed E-state index contributed by atoms with van der Waals surface area (Å²) in [4.78, 5) is 12.2. The van der Waals surface area contributed by atoms with Gasteiger partial charge in [0.25, 0.3) is 5.91 Å². The molecule has 3 N–H and O–H groups in total. The van der Waals surface area contributed by atoms with Crippen LogP contribution in [-0.4, -0.2) is 22.2 Å². The Morgan fingerprint density at radius 3 is 2.74 bits per heavy atom. The van der Waals surface area contributed by atoms with Gasteiger partial charge in [-0.25, -0.2) is 0 Å². The van der Waals surface area contributed by atoms with E-state index in [4.69, 9.17) is 5.73 Å². The lowest BCUT2D eigenvalue weighted by molar-refractivity contribution is 0.0934. The van der Waals surface area contributed by atoms with Crippen molar-refractivity contribution in [2.45, 2.75) is 52.5 Å². The Morgan fingerprint density at radius 2 is 2.11 bits per heavy atom. The molecule has 0 radical (unpaired) electrons. The summed E-state index contributed by atoms with van der Waals surface area (Å²) >= 11 is 0. The van der Waals surface area contributed by atoms with Crippen LogP contribution in [0.4, 0.5) is 5.69 Å². The summed E-state index contributed by atoms with van der Waals surface area (Å²) in [6, 6.07) is 0. The first-order valence-electron chi connectivity index (χ1n) is 7.24. The number of nitrogens with one attached hydrogen (secondary N) is 1. The summed E-state index contributed by atoms with van der Waals surface area (Å²) in [5, 5.41) is 7.29. The summed E-state index contributed by atoms with van der Waals surface area (Å²) in [6.07, 6.45) is 6.35. The second-order valence-corrected chi connectivity index (χ2v) is 5.38. The van der Waals surface area contributed by atoms with E-state index < -0.39 is 0 Å². The third-order valence-corrected chi connectivity index (χ3v) is 3.96. The van der Waals surface area contributed by atoms with Crippen molar-refractivity contribution < 1.29 is 4.79 Å². The molecule has 0 spiro atoms. The number of anilines is 1. The minimum absolute atomic E-state index is 0.0921. The minimum atomic E-state index is -0.0921. The number of aryl methyl sites for hydroxylation is 2. The second-order valence-electron chi connectivity index (χ2n) is 5.38. The standard InChI is InChI=1S/C14H24N4O/c1-3-18-13(12(15)10(2)17-18)14(19)16-9-11-7-5-4-6-8-11/h11H,3-9,15H2,1-2H3,(H,16,19). The van der Waals surface area contributed by atoms with Crippen LogP contribution in [0.2, 0.25) is 0 Å². The molecule has 1 heterocycles. The lowest BCUT2D eigenvalue weighted by Gasteiger charge is -2.21. The number of hydrogen-bond donors (Lipinski definition) is 2. The van der Waals surface area contributed by atoms with Gasteiger partial charge in [0.2, 0.25) is 0 Å². The molecule has 1 aromatic rings. The monoisotopic (exact) mass is 264 g/mol. The zero-order chi connectivity index (χ0) is 13.8. The van der Waals surface area contributed by atoms with Crippen LogP contribution >= 0.6 is 0 Å². The van der Waals surface area contributed by atoms with Gasteiger partial charge in [0.05, 0.1) is 11.4 Å². The van der Waals surface area contributed by atoms with Gasteiger partial charge in [0.1, 0.15) is 5.69 Å². The molecule has 1 amide bonds. The van der Waals surface area contributed by atoms with E-state index in [-0.39, 0.29) is 5.91 Å². The summed E-state index contributed by atoms with van der Waals surface area (Å²) in [5.74, 6) is 0.531. The first kappa shape index (κ1) is 13.9. The first-order valence-corrected chi connectivity index (χ1v) is 7.24. The highest BCUT2D eigenvalue weighted by Gasteiger charge is 2.20. The molecule has 1 aromatic heterocycles. The van der Waals surface area contributed by atoms with Crippen molar-refractivity contribution in [2.24, 2.45) is 5.92 Å². The maximum absolute atomic E-state index is 12.2. The number of aromatic nitrogens is 2. The van der Waals surface area contributed by atoms with Crippen LogP contribution in [0.15, 0.2) is 0 Å². The van der Waals surface area contributed by atoms with Gasteiger partial charge in [0.15, 0.2) is 0 Å². The van der Waals surface area contributed by atoms with Gasteiger partial charge in [-0.3, -0.25) is 9.48 Å². The Labute approximate surface area is 114 Å². The number of hydrogen-bond acceptors (Lipinski definition) is 3. The molecule has 0 atom stereocenters. The number of carbonyl (C=O) groups is 1. The Hall–Kier alpha value is -1.52. The molecule has 19 heavy (non-hydrogen) atoms. The Morgan fingerprint density at radius 1 is 1.42 bits per heavy atom. The van der Waals surface area contributed by atoms with Crippen molar-refractivity contribution in [3.63, 3.8) is 0 Å². The molecular weight excluding hydrogens is 240 g/mol. The molecule has 5 heteroatoms. The fourth-order valence-corrected chi connectivity index (χ4v) is 2.78.